The van der Waals surface area contributed by atoms with E-state index in [0.717, 1.165) is 22.8 Å². The van der Waals surface area contributed by atoms with Gasteiger partial charge >= 0.3 is 6.09 Å². The molecule has 0 bridgehead atoms. The van der Waals surface area contributed by atoms with E-state index >= 15 is 0 Å². The molecule has 0 spiro atoms. The van der Waals surface area contributed by atoms with Crippen LogP contribution >= 0.6 is 0 Å². The molecule has 1 aromatic heterocycles. The van der Waals surface area contributed by atoms with Gasteiger partial charge in [0.2, 0.25) is 0 Å². The Balaban J connectivity index is 0.00000204. The minimum atomic E-state index is -0.508. The van der Waals surface area contributed by atoms with Crippen LogP contribution in [0, 0.1) is 6.92 Å². The highest BCUT2D eigenvalue weighted by Gasteiger charge is 2.16. The number of nitrogens with one attached hydrogen (secondary N) is 1. The fourth-order valence-electron chi connectivity index (χ4n) is 2.50. The summed E-state index contributed by atoms with van der Waals surface area (Å²) >= 11 is 0. The Morgan fingerprint density at radius 1 is 1.17 bits per heavy atom. The number of aromatic nitrogens is 2. The molecule has 29 heavy (non-hydrogen) atoms. The molecule has 0 aliphatic rings. The molecule has 0 saturated heterocycles. The van der Waals surface area contributed by atoms with Crippen LogP contribution in [-0.4, -0.2) is 27.8 Å². The largest absolute Gasteiger partial charge is 0.444 e. The Kier molecular flexibility index (Phi) is 10.2. The summed E-state index contributed by atoms with van der Waals surface area (Å²) in [6.07, 6.45) is 2.08. The molecule has 6 heteroatoms. The summed E-state index contributed by atoms with van der Waals surface area (Å²) in [7, 11) is 0. The van der Waals surface area contributed by atoms with Crippen LogP contribution in [0.1, 0.15) is 58.1 Å². The van der Waals surface area contributed by atoms with Crippen LogP contribution in [0.5, 0.6) is 0 Å². The minimum Gasteiger partial charge on any atom is -0.444 e. The van der Waals surface area contributed by atoms with Crippen molar-refractivity contribution in [1.82, 2.24) is 14.9 Å². The van der Waals surface area contributed by atoms with E-state index in [1.54, 1.807) is 0 Å². The molecule has 0 radical (unpaired) electrons. The normalized spacial score (nSPS) is 10.7. The van der Waals surface area contributed by atoms with Gasteiger partial charge in [0.15, 0.2) is 0 Å². The highest BCUT2D eigenvalue weighted by atomic mass is 16.6. The van der Waals surface area contributed by atoms with Crippen molar-refractivity contribution in [2.75, 3.05) is 6.54 Å². The molecule has 0 saturated carbocycles. The molecule has 1 heterocycles. The third kappa shape index (κ3) is 9.43. The number of rotatable bonds is 8. The van der Waals surface area contributed by atoms with Gasteiger partial charge < -0.3 is 19.4 Å². The summed E-state index contributed by atoms with van der Waals surface area (Å²) in [5, 5.41) is 2.74. The molecule has 0 aliphatic carbocycles. The molecule has 0 atom stereocenters. The Morgan fingerprint density at radius 2 is 1.83 bits per heavy atom. The first-order chi connectivity index (χ1) is 13.7. The molecule has 2 aromatic rings. The highest BCUT2D eigenvalue weighted by Crippen LogP contribution is 2.14. The number of carbonyl (C=O) groups excluding carboxylic acids is 1. The maximum atomic E-state index is 11.7. The van der Waals surface area contributed by atoms with Crippen LogP contribution in [0.3, 0.4) is 0 Å². The SMILES string of the molecule is C=C(CCNC(=O)OC(C)(C)C)n1cc(C)nc1COCc1ccccc1.CC. The Morgan fingerprint density at radius 3 is 2.45 bits per heavy atom. The zero-order valence-electron chi connectivity index (χ0n) is 18.6. The molecule has 0 unspecified atom stereocenters. The van der Waals surface area contributed by atoms with Crippen LogP contribution < -0.4 is 5.32 Å². The second kappa shape index (κ2) is 12.1. The number of ether oxygens (including phenoxy) is 2. The lowest BCUT2D eigenvalue weighted by Crippen LogP contribution is -2.33. The molecule has 0 fully saturated rings. The van der Waals surface area contributed by atoms with E-state index in [-0.39, 0.29) is 0 Å². The summed E-state index contributed by atoms with van der Waals surface area (Å²) in [6, 6.07) is 10.0. The van der Waals surface area contributed by atoms with Gasteiger partial charge in [-0.25, -0.2) is 9.78 Å². The zero-order chi connectivity index (χ0) is 21.9. The van der Waals surface area contributed by atoms with Crippen LogP contribution in [0.4, 0.5) is 4.79 Å². The third-order valence-electron chi connectivity index (χ3n) is 3.66. The van der Waals surface area contributed by atoms with E-state index in [1.165, 1.54) is 0 Å². The molecule has 1 aromatic carbocycles. The number of hydrogen-bond donors (Lipinski definition) is 1. The van der Waals surface area contributed by atoms with Crippen LogP contribution in [0.25, 0.3) is 5.70 Å². The van der Waals surface area contributed by atoms with E-state index in [9.17, 15) is 4.79 Å². The summed E-state index contributed by atoms with van der Waals surface area (Å²) < 4.78 is 13.0. The van der Waals surface area contributed by atoms with Crippen LogP contribution in [-0.2, 0) is 22.7 Å². The van der Waals surface area contributed by atoms with Crippen molar-refractivity contribution in [2.45, 2.75) is 66.8 Å². The van der Waals surface area contributed by atoms with Gasteiger partial charge in [0.1, 0.15) is 18.0 Å². The molecule has 6 nitrogen and oxygen atoms in total. The van der Waals surface area contributed by atoms with Gasteiger partial charge in [-0.1, -0.05) is 50.8 Å². The topological polar surface area (TPSA) is 65.4 Å². The first-order valence-electron chi connectivity index (χ1n) is 10.1. The number of imidazole rings is 1. The third-order valence-corrected chi connectivity index (χ3v) is 3.66. The summed E-state index contributed by atoms with van der Waals surface area (Å²) in [6.45, 7) is 16.9. The van der Waals surface area contributed by atoms with Crippen LogP contribution in [0.15, 0.2) is 43.1 Å². The average Bonchev–Trinajstić information content (AvgIpc) is 3.03. The Hall–Kier alpha value is -2.60. The van der Waals surface area contributed by atoms with Gasteiger partial charge in [-0.2, -0.15) is 0 Å². The zero-order valence-corrected chi connectivity index (χ0v) is 18.6. The second-order valence-corrected chi connectivity index (χ2v) is 7.39. The fourth-order valence-corrected chi connectivity index (χ4v) is 2.50. The maximum absolute atomic E-state index is 11.7. The van der Waals surface area contributed by atoms with Gasteiger partial charge in [-0.3, -0.25) is 0 Å². The van der Waals surface area contributed by atoms with Gasteiger partial charge in [0.25, 0.3) is 0 Å². The minimum absolute atomic E-state index is 0.390. The Labute approximate surface area is 174 Å². The molecular weight excluding hydrogens is 366 g/mol. The van der Waals surface area contributed by atoms with Gasteiger partial charge in [0, 0.05) is 24.9 Å². The number of hydrogen-bond acceptors (Lipinski definition) is 4. The average molecular weight is 402 g/mol. The van der Waals surface area contributed by atoms with Gasteiger partial charge in [-0.15, -0.1) is 0 Å². The monoisotopic (exact) mass is 401 g/mol. The lowest BCUT2D eigenvalue weighted by Gasteiger charge is -2.20. The first kappa shape index (κ1) is 24.4. The highest BCUT2D eigenvalue weighted by molar-refractivity contribution is 5.67. The predicted molar refractivity (Wildman–Crippen MR) is 117 cm³/mol. The standard InChI is InChI=1S/C21H29N3O3.C2H6/c1-16-13-24(17(2)11-12-22-20(25)27-21(3,4)5)19(23-16)15-26-14-18-9-7-6-8-10-18;1-2/h6-10,13H,2,11-12,14-15H2,1,3-5H3,(H,22,25);1-2H3. The Bertz CT molecular complexity index is 761. The lowest BCUT2D eigenvalue weighted by atomic mass is 10.2. The van der Waals surface area contributed by atoms with Crippen molar-refractivity contribution in [3.8, 4) is 0 Å². The molecular formula is C23H35N3O3. The second-order valence-electron chi connectivity index (χ2n) is 7.39. The van der Waals surface area contributed by atoms with E-state index in [4.69, 9.17) is 9.47 Å². The summed E-state index contributed by atoms with van der Waals surface area (Å²) in [4.78, 5) is 16.2. The molecule has 0 aliphatic heterocycles. The number of benzene rings is 1. The van der Waals surface area contributed by atoms with Crippen molar-refractivity contribution in [2.24, 2.45) is 0 Å². The van der Waals surface area contributed by atoms with Gasteiger partial charge in [0.05, 0.1) is 12.3 Å². The molecule has 2 rings (SSSR count). The number of alkyl carbamates (subject to hydrolysis) is 1. The number of nitrogens with zero attached hydrogens (tertiary/aromatic N) is 2. The van der Waals surface area contributed by atoms with E-state index in [1.807, 2.05) is 82.6 Å². The van der Waals surface area contributed by atoms with Gasteiger partial charge in [-0.05, 0) is 33.3 Å². The smallest absolute Gasteiger partial charge is 0.407 e. The van der Waals surface area contributed by atoms with E-state index < -0.39 is 11.7 Å². The predicted octanol–water partition coefficient (Wildman–Crippen LogP) is 5.32. The van der Waals surface area contributed by atoms with Crippen molar-refractivity contribution < 1.29 is 14.3 Å². The fraction of sp³-hybridized carbons (Fsp3) is 0.478. The molecule has 1 N–H and O–H groups in total. The molecule has 160 valence electrons. The summed E-state index contributed by atoms with van der Waals surface area (Å²) in [5.74, 6) is 0.797. The van der Waals surface area contributed by atoms with Crippen molar-refractivity contribution >= 4 is 11.8 Å². The van der Waals surface area contributed by atoms with E-state index in [0.29, 0.717) is 26.2 Å². The first-order valence-corrected chi connectivity index (χ1v) is 10.1. The quantitative estimate of drug-likeness (QED) is 0.650. The number of carbonyl (C=O) groups is 1. The number of amides is 1. The van der Waals surface area contributed by atoms with Crippen molar-refractivity contribution in [3.63, 3.8) is 0 Å². The van der Waals surface area contributed by atoms with Crippen molar-refractivity contribution in [3.05, 3.63) is 60.2 Å². The van der Waals surface area contributed by atoms with E-state index in [2.05, 4.69) is 16.9 Å². The van der Waals surface area contributed by atoms with Crippen LogP contribution in [0.2, 0.25) is 0 Å². The lowest BCUT2D eigenvalue weighted by molar-refractivity contribution is 0.0529. The van der Waals surface area contributed by atoms with Crippen molar-refractivity contribution in [1.29, 1.82) is 0 Å². The molecule has 1 amide bonds. The maximum Gasteiger partial charge on any atom is 0.407 e. The summed E-state index contributed by atoms with van der Waals surface area (Å²) in [5.41, 5.74) is 2.35. The number of aryl methyl sites for hydroxylation is 1.